The highest BCUT2D eigenvalue weighted by Gasteiger charge is 2.17. The third-order valence-electron chi connectivity index (χ3n) is 4.46. The van der Waals surface area contributed by atoms with E-state index in [0.29, 0.717) is 17.1 Å². The molecule has 0 radical (unpaired) electrons. The van der Waals surface area contributed by atoms with Crippen molar-refractivity contribution in [2.24, 2.45) is 0 Å². The molecule has 1 heterocycles. The normalized spacial score (nSPS) is 10.9. The highest BCUT2D eigenvalue weighted by Crippen LogP contribution is 2.31. The average Bonchev–Trinajstić information content (AvgIpc) is 3.16. The van der Waals surface area contributed by atoms with Gasteiger partial charge >= 0.3 is 0 Å². The minimum absolute atomic E-state index is 0.201. The van der Waals surface area contributed by atoms with E-state index in [4.69, 9.17) is 4.74 Å². The van der Waals surface area contributed by atoms with Crippen LogP contribution in [-0.4, -0.2) is 41.6 Å². The summed E-state index contributed by atoms with van der Waals surface area (Å²) in [6.45, 7) is 3.96. The maximum Gasteiger partial charge on any atom is 0.254 e. The molecule has 1 aromatic heterocycles. The number of hydrogen-bond acceptors (Lipinski definition) is 4. The standard InChI is InChI=1S/C22H26N4O2/c1-4-12-26(3)15-17-14-24-25-21(17)16-10-11-20(19(13-16)22(27)23-2)28-18-8-6-5-7-9-18/h5-11,13-14H,4,12,15H2,1-3H3,(H,23,27)(H,24,25). The quantitative estimate of drug-likeness (QED) is 0.620. The van der Waals surface area contributed by atoms with Gasteiger partial charge in [-0.3, -0.25) is 9.89 Å². The molecule has 0 aliphatic carbocycles. The van der Waals surface area contributed by atoms with Crippen molar-refractivity contribution < 1.29 is 9.53 Å². The van der Waals surface area contributed by atoms with Gasteiger partial charge in [0.1, 0.15) is 11.5 Å². The van der Waals surface area contributed by atoms with Gasteiger partial charge in [0.05, 0.1) is 11.3 Å². The first kappa shape index (κ1) is 19.6. The molecular weight excluding hydrogens is 352 g/mol. The Labute approximate surface area is 165 Å². The molecule has 3 aromatic rings. The van der Waals surface area contributed by atoms with Crippen molar-refractivity contribution in [2.45, 2.75) is 19.9 Å². The van der Waals surface area contributed by atoms with Crippen LogP contribution in [0.4, 0.5) is 0 Å². The van der Waals surface area contributed by atoms with Crippen molar-refractivity contribution in [2.75, 3.05) is 20.6 Å². The zero-order valence-corrected chi connectivity index (χ0v) is 16.5. The van der Waals surface area contributed by atoms with E-state index < -0.39 is 0 Å². The molecular formula is C22H26N4O2. The summed E-state index contributed by atoms with van der Waals surface area (Å²) in [4.78, 5) is 14.7. The number of H-pyrrole nitrogens is 1. The van der Waals surface area contributed by atoms with Gasteiger partial charge in [-0.15, -0.1) is 0 Å². The third kappa shape index (κ3) is 4.58. The molecule has 0 atom stereocenters. The van der Waals surface area contributed by atoms with Gasteiger partial charge < -0.3 is 15.0 Å². The molecule has 0 saturated carbocycles. The van der Waals surface area contributed by atoms with Crippen molar-refractivity contribution in [1.82, 2.24) is 20.4 Å². The van der Waals surface area contributed by atoms with Gasteiger partial charge in [-0.05, 0) is 50.3 Å². The highest BCUT2D eigenvalue weighted by atomic mass is 16.5. The van der Waals surface area contributed by atoms with E-state index in [0.717, 1.165) is 36.3 Å². The van der Waals surface area contributed by atoms with E-state index in [1.165, 1.54) is 0 Å². The number of carbonyl (C=O) groups is 1. The van der Waals surface area contributed by atoms with Crippen LogP contribution >= 0.6 is 0 Å². The Morgan fingerprint density at radius 1 is 1.21 bits per heavy atom. The number of nitrogens with one attached hydrogen (secondary N) is 2. The first-order valence-corrected chi connectivity index (χ1v) is 9.43. The second-order valence-corrected chi connectivity index (χ2v) is 6.70. The Kier molecular flexibility index (Phi) is 6.45. The zero-order chi connectivity index (χ0) is 19.9. The number of amides is 1. The van der Waals surface area contributed by atoms with Crippen LogP contribution in [-0.2, 0) is 6.54 Å². The molecule has 0 fully saturated rings. The van der Waals surface area contributed by atoms with Gasteiger partial charge in [-0.2, -0.15) is 5.10 Å². The van der Waals surface area contributed by atoms with Crippen molar-refractivity contribution in [1.29, 1.82) is 0 Å². The summed E-state index contributed by atoms with van der Waals surface area (Å²) in [5.74, 6) is 0.990. The molecule has 28 heavy (non-hydrogen) atoms. The topological polar surface area (TPSA) is 70.2 Å². The predicted octanol–water partition coefficient (Wildman–Crippen LogP) is 4.07. The van der Waals surface area contributed by atoms with E-state index in [2.05, 4.69) is 34.4 Å². The number of aromatic nitrogens is 2. The second-order valence-electron chi connectivity index (χ2n) is 6.70. The van der Waals surface area contributed by atoms with Crippen molar-refractivity contribution >= 4 is 5.91 Å². The molecule has 0 aliphatic heterocycles. The number of nitrogens with zero attached hydrogens (tertiary/aromatic N) is 2. The summed E-state index contributed by atoms with van der Waals surface area (Å²) in [5, 5.41) is 10.1. The number of aromatic amines is 1. The summed E-state index contributed by atoms with van der Waals surface area (Å²) < 4.78 is 5.93. The van der Waals surface area contributed by atoms with Gasteiger partial charge in [0, 0.05) is 30.9 Å². The van der Waals surface area contributed by atoms with Crippen LogP contribution in [0.15, 0.2) is 54.7 Å². The summed E-state index contributed by atoms with van der Waals surface area (Å²) in [6.07, 6.45) is 3.01. The minimum Gasteiger partial charge on any atom is -0.457 e. The lowest BCUT2D eigenvalue weighted by molar-refractivity contribution is 0.0961. The fourth-order valence-corrected chi connectivity index (χ4v) is 3.13. The van der Waals surface area contributed by atoms with E-state index in [-0.39, 0.29) is 5.91 Å². The Hall–Kier alpha value is -3.12. The third-order valence-corrected chi connectivity index (χ3v) is 4.46. The number of hydrogen-bond donors (Lipinski definition) is 2. The zero-order valence-electron chi connectivity index (χ0n) is 16.5. The van der Waals surface area contributed by atoms with Crippen LogP contribution < -0.4 is 10.1 Å². The second kappa shape index (κ2) is 9.19. The average molecular weight is 378 g/mol. The Balaban J connectivity index is 1.94. The maximum absolute atomic E-state index is 12.5. The van der Waals surface area contributed by atoms with Gasteiger partial charge in [-0.1, -0.05) is 25.1 Å². The molecule has 0 unspecified atom stereocenters. The largest absolute Gasteiger partial charge is 0.457 e. The van der Waals surface area contributed by atoms with Crippen molar-refractivity contribution in [3.8, 4) is 22.8 Å². The predicted molar refractivity (Wildman–Crippen MR) is 111 cm³/mol. The van der Waals surface area contributed by atoms with E-state index in [1.54, 1.807) is 7.05 Å². The molecule has 0 spiro atoms. The fourth-order valence-electron chi connectivity index (χ4n) is 3.13. The summed E-state index contributed by atoms with van der Waals surface area (Å²) in [6, 6.07) is 15.0. The summed E-state index contributed by atoms with van der Waals surface area (Å²) in [7, 11) is 3.70. The maximum atomic E-state index is 12.5. The Morgan fingerprint density at radius 2 is 2.00 bits per heavy atom. The summed E-state index contributed by atoms with van der Waals surface area (Å²) >= 11 is 0. The van der Waals surface area contributed by atoms with Gasteiger partial charge in [0.25, 0.3) is 5.91 Å². The van der Waals surface area contributed by atoms with Crippen LogP contribution in [0.3, 0.4) is 0 Å². The van der Waals surface area contributed by atoms with E-state index in [9.17, 15) is 4.79 Å². The number of rotatable bonds is 8. The van der Waals surface area contributed by atoms with Crippen molar-refractivity contribution in [3.63, 3.8) is 0 Å². The molecule has 0 saturated heterocycles. The van der Waals surface area contributed by atoms with E-state index >= 15 is 0 Å². The SMILES string of the molecule is CCCN(C)Cc1c[nH]nc1-c1ccc(Oc2ccccc2)c(C(=O)NC)c1. The van der Waals surface area contributed by atoms with Crippen molar-refractivity contribution in [3.05, 3.63) is 65.9 Å². The molecule has 0 bridgehead atoms. The number of carbonyl (C=O) groups excluding carboxylic acids is 1. The monoisotopic (exact) mass is 378 g/mol. The van der Waals surface area contributed by atoms with Crippen LogP contribution in [0.5, 0.6) is 11.5 Å². The van der Waals surface area contributed by atoms with E-state index in [1.807, 2.05) is 54.7 Å². The fraction of sp³-hybridized carbons (Fsp3) is 0.273. The van der Waals surface area contributed by atoms with Crippen LogP contribution in [0.1, 0.15) is 29.3 Å². The molecule has 1 amide bonds. The molecule has 146 valence electrons. The lowest BCUT2D eigenvalue weighted by atomic mass is 10.0. The number of ether oxygens (including phenoxy) is 1. The summed E-state index contributed by atoms with van der Waals surface area (Å²) in [5.41, 5.74) is 3.29. The van der Waals surface area contributed by atoms with Gasteiger partial charge in [0.2, 0.25) is 0 Å². The molecule has 6 heteroatoms. The van der Waals surface area contributed by atoms with Crippen LogP contribution in [0, 0.1) is 0 Å². The lowest BCUT2D eigenvalue weighted by Crippen LogP contribution is -2.19. The first-order valence-electron chi connectivity index (χ1n) is 9.43. The number of benzene rings is 2. The Bertz CT molecular complexity index is 921. The molecule has 2 N–H and O–H groups in total. The number of para-hydroxylation sites is 1. The smallest absolute Gasteiger partial charge is 0.254 e. The highest BCUT2D eigenvalue weighted by molar-refractivity contribution is 5.98. The minimum atomic E-state index is -0.201. The lowest BCUT2D eigenvalue weighted by Gasteiger charge is -2.16. The molecule has 0 aliphatic rings. The molecule has 6 nitrogen and oxygen atoms in total. The Morgan fingerprint density at radius 3 is 2.71 bits per heavy atom. The molecule has 3 rings (SSSR count). The van der Waals surface area contributed by atoms with Crippen LogP contribution in [0.25, 0.3) is 11.3 Å². The van der Waals surface area contributed by atoms with Gasteiger partial charge in [0.15, 0.2) is 0 Å². The molecule has 2 aromatic carbocycles. The van der Waals surface area contributed by atoms with Gasteiger partial charge in [-0.25, -0.2) is 0 Å². The van der Waals surface area contributed by atoms with Crippen LogP contribution in [0.2, 0.25) is 0 Å². The first-order chi connectivity index (χ1) is 13.6.